The highest BCUT2D eigenvalue weighted by atomic mass is 32.1. The summed E-state index contributed by atoms with van der Waals surface area (Å²) in [4.78, 5) is 18.4. The van der Waals surface area contributed by atoms with Crippen LogP contribution in [0, 0.1) is 0 Å². The zero-order chi connectivity index (χ0) is 19.0. The fourth-order valence-corrected chi connectivity index (χ4v) is 4.24. The smallest absolute Gasteiger partial charge is 0.342 e. The number of fused-ring (bicyclic) bond motifs is 1. The average Bonchev–Trinajstić information content (AvgIpc) is 3.30. The lowest BCUT2D eigenvalue weighted by Gasteiger charge is -2.33. The summed E-state index contributed by atoms with van der Waals surface area (Å²) in [6.45, 7) is 1.29. The van der Waals surface area contributed by atoms with Gasteiger partial charge < -0.3 is 9.47 Å². The Morgan fingerprint density at radius 3 is 2.67 bits per heavy atom. The fourth-order valence-electron chi connectivity index (χ4n) is 3.57. The second kappa shape index (κ2) is 6.99. The van der Waals surface area contributed by atoms with Crippen molar-refractivity contribution in [1.29, 1.82) is 0 Å². The summed E-state index contributed by atoms with van der Waals surface area (Å²) >= 11 is 1.58. The van der Waals surface area contributed by atoms with E-state index in [-0.39, 0.29) is 11.9 Å². The summed E-state index contributed by atoms with van der Waals surface area (Å²) in [7, 11) is 0. The molecule has 27 heavy (non-hydrogen) atoms. The van der Waals surface area contributed by atoms with Crippen molar-refractivity contribution in [3.63, 3.8) is 0 Å². The molecule has 4 nitrogen and oxygen atoms in total. The Morgan fingerprint density at radius 2 is 2.00 bits per heavy atom. The van der Waals surface area contributed by atoms with Gasteiger partial charge in [-0.15, -0.1) is 0 Å². The minimum atomic E-state index is -4.37. The lowest BCUT2D eigenvalue weighted by molar-refractivity contribution is -0.137. The van der Waals surface area contributed by atoms with E-state index in [0.29, 0.717) is 30.5 Å². The molecular weight excluding hydrogens is 375 g/mol. The van der Waals surface area contributed by atoms with E-state index in [0.717, 1.165) is 30.5 Å². The van der Waals surface area contributed by atoms with Gasteiger partial charge in [0.25, 0.3) is 0 Å². The summed E-state index contributed by atoms with van der Waals surface area (Å²) < 4.78 is 40.5. The number of alkyl halides is 3. The van der Waals surface area contributed by atoms with Crippen LogP contribution in [0.2, 0.25) is 0 Å². The Hall–Kier alpha value is -2.35. The van der Waals surface area contributed by atoms with Crippen molar-refractivity contribution in [3.8, 4) is 0 Å². The molecule has 0 saturated carbocycles. The molecule has 1 aromatic carbocycles. The van der Waals surface area contributed by atoms with E-state index in [1.165, 1.54) is 6.07 Å². The monoisotopic (exact) mass is 393 g/mol. The number of halogens is 3. The second-order valence-corrected chi connectivity index (χ2v) is 7.55. The van der Waals surface area contributed by atoms with Crippen LogP contribution in [0.5, 0.6) is 0 Å². The van der Waals surface area contributed by atoms with E-state index in [4.69, 9.17) is 0 Å². The first-order chi connectivity index (χ1) is 12.9. The third-order valence-corrected chi connectivity index (χ3v) is 5.78. The molecule has 3 aromatic rings. The highest BCUT2D eigenvalue weighted by molar-refractivity contribution is 7.08. The molecule has 0 radical (unpaired) electrons. The van der Waals surface area contributed by atoms with Gasteiger partial charge in [0.15, 0.2) is 0 Å². The molecular formula is C19H18F3N3OS. The van der Waals surface area contributed by atoms with Gasteiger partial charge in [0.05, 0.1) is 29.3 Å². The van der Waals surface area contributed by atoms with Crippen molar-refractivity contribution in [3.05, 3.63) is 52.5 Å². The minimum Gasteiger partial charge on any atom is -0.342 e. The Balaban J connectivity index is 1.44. The predicted octanol–water partition coefficient (Wildman–Crippen LogP) is 4.52. The van der Waals surface area contributed by atoms with Crippen LogP contribution in [-0.2, 0) is 17.4 Å². The van der Waals surface area contributed by atoms with Gasteiger partial charge in [0.2, 0.25) is 5.91 Å². The number of nitrogens with zero attached hydrogens (tertiary/aromatic N) is 3. The van der Waals surface area contributed by atoms with Gasteiger partial charge in [0, 0.05) is 19.1 Å². The van der Waals surface area contributed by atoms with E-state index in [2.05, 4.69) is 4.98 Å². The molecule has 0 bridgehead atoms. The lowest BCUT2D eigenvalue weighted by atomic mass is 10.0. The molecule has 0 N–H and O–H groups in total. The second-order valence-electron chi connectivity index (χ2n) is 6.77. The molecule has 3 heterocycles. The Kier molecular flexibility index (Phi) is 4.67. The van der Waals surface area contributed by atoms with Gasteiger partial charge in [-0.05, 0) is 53.4 Å². The Morgan fingerprint density at radius 1 is 1.22 bits per heavy atom. The first-order valence-electron chi connectivity index (χ1n) is 8.74. The molecule has 1 aliphatic rings. The van der Waals surface area contributed by atoms with Crippen LogP contribution >= 0.6 is 11.3 Å². The largest absolute Gasteiger partial charge is 0.416 e. The number of benzene rings is 1. The molecule has 4 rings (SSSR count). The molecule has 2 aromatic heterocycles. The number of rotatable bonds is 3. The summed E-state index contributed by atoms with van der Waals surface area (Å²) in [5, 5.41) is 3.95. The number of piperidine rings is 1. The van der Waals surface area contributed by atoms with Gasteiger partial charge in [0.1, 0.15) is 0 Å². The van der Waals surface area contributed by atoms with E-state index in [1.54, 1.807) is 17.7 Å². The summed E-state index contributed by atoms with van der Waals surface area (Å²) in [5.41, 5.74) is 1.40. The van der Waals surface area contributed by atoms with Crippen molar-refractivity contribution in [1.82, 2.24) is 14.5 Å². The maximum Gasteiger partial charge on any atom is 0.416 e. The first-order valence-corrected chi connectivity index (χ1v) is 9.69. The summed E-state index contributed by atoms with van der Waals surface area (Å²) in [5.74, 6) is 0.122. The number of amides is 1. The Labute approximate surface area is 158 Å². The minimum absolute atomic E-state index is 0.122. The number of aromatic nitrogens is 2. The molecule has 1 amide bonds. The first kappa shape index (κ1) is 18.0. The van der Waals surface area contributed by atoms with Gasteiger partial charge in [-0.2, -0.15) is 24.5 Å². The number of likely N-dealkylation sites (tertiary alicyclic amines) is 1. The maximum atomic E-state index is 12.9. The number of thiophene rings is 1. The summed E-state index contributed by atoms with van der Waals surface area (Å²) in [6, 6.07) is 5.77. The van der Waals surface area contributed by atoms with Crippen LogP contribution < -0.4 is 0 Å². The number of carbonyl (C=O) groups excluding carboxylic acids is 1. The van der Waals surface area contributed by atoms with Crippen LogP contribution in [0.3, 0.4) is 0 Å². The molecule has 1 saturated heterocycles. The fraction of sp³-hybridized carbons (Fsp3) is 0.368. The number of carbonyl (C=O) groups is 1. The number of hydrogen-bond donors (Lipinski definition) is 0. The van der Waals surface area contributed by atoms with E-state index in [9.17, 15) is 18.0 Å². The quantitative estimate of drug-likeness (QED) is 0.656. The van der Waals surface area contributed by atoms with E-state index < -0.39 is 11.7 Å². The molecule has 0 aliphatic carbocycles. The molecule has 142 valence electrons. The normalized spacial score (nSPS) is 16.2. The zero-order valence-electron chi connectivity index (χ0n) is 14.4. The molecule has 1 aliphatic heterocycles. The highest BCUT2D eigenvalue weighted by Crippen LogP contribution is 2.33. The van der Waals surface area contributed by atoms with E-state index >= 15 is 0 Å². The van der Waals surface area contributed by atoms with Crippen LogP contribution in [0.1, 0.15) is 30.0 Å². The van der Waals surface area contributed by atoms with Crippen molar-refractivity contribution in [2.24, 2.45) is 0 Å². The SMILES string of the molecule is O=C(Cc1ccsc1)N1CCC(n2cnc3cc(C(F)(F)F)ccc32)CC1. The van der Waals surface area contributed by atoms with Gasteiger partial charge >= 0.3 is 6.18 Å². The van der Waals surface area contributed by atoms with Gasteiger partial charge in [-0.1, -0.05) is 0 Å². The standard InChI is InChI=1S/C19H18F3N3OS/c20-19(21,22)14-1-2-17-16(10-14)23-12-25(17)15-3-6-24(7-4-15)18(26)9-13-5-8-27-11-13/h1-2,5,8,10-12,15H,3-4,6-7,9H2. The predicted molar refractivity (Wildman–Crippen MR) is 97.6 cm³/mol. The van der Waals surface area contributed by atoms with Crippen LogP contribution in [-0.4, -0.2) is 33.4 Å². The van der Waals surface area contributed by atoms with Crippen molar-refractivity contribution in [2.45, 2.75) is 31.5 Å². The van der Waals surface area contributed by atoms with Gasteiger partial charge in [-0.3, -0.25) is 4.79 Å². The van der Waals surface area contributed by atoms with Gasteiger partial charge in [-0.25, -0.2) is 4.98 Å². The van der Waals surface area contributed by atoms with Crippen molar-refractivity contribution < 1.29 is 18.0 Å². The van der Waals surface area contributed by atoms with Crippen molar-refractivity contribution in [2.75, 3.05) is 13.1 Å². The van der Waals surface area contributed by atoms with Crippen LogP contribution in [0.15, 0.2) is 41.4 Å². The highest BCUT2D eigenvalue weighted by Gasteiger charge is 2.31. The molecule has 8 heteroatoms. The lowest BCUT2D eigenvalue weighted by Crippen LogP contribution is -2.39. The topological polar surface area (TPSA) is 38.1 Å². The third-order valence-electron chi connectivity index (χ3n) is 5.05. The third kappa shape index (κ3) is 3.71. The number of hydrogen-bond acceptors (Lipinski definition) is 3. The maximum absolute atomic E-state index is 12.9. The van der Waals surface area contributed by atoms with E-state index in [1.807, 2.05) is 26.3 Å². The molecule has 0 unspecified atom stereocenters. The number of imidazole rings is 1. The zero-order valence-corrected chi connectivity index (χ0v) is 15.3. The Bertz CT molecular complexity index is 941. The molecule has 0 atom stereocenters. The average molecular weight is 393 g/mol. The molecule has 1 fully saturated rings. The summed E-state index contributed by atoms with van der Waals surface area (Å²) in [6.07, 6.45) is -0.809. The van der Waals surface area contributed by atoms with Crippen molar-refractivity contribution >= 4 is 28.3 Å². The van der Waals surface area contributed by atoms with Crippen LogP contribution in [0.4, 0.5) is 13.2 Å². The van der Waals surface area contributed by atoms with Crippen LogP contribution in [0.25, 0.3) is 11.0 Å². The molecule has 0 spiro atoms.